The van der Waals surface area contributed by atoms with Gasteiger partial charge in [-0.15, -0.1) is 0 Å². The zero-order valence-electron chi connectivity index (χ0n) is 17.8. The molecular weight excluding hydrogens is 360 g/mol. The summed E-state index contributed by atoms with van der Waals surface area (Å²) >= 11 is 0. The Morgan fingerprint density at radius 3 is 2.52 bits per heavy atom. The van der Waals surface area contributed by atoms with E-state index in [0.717, 1.165) is 51.9 Å². The van der Waals surface area contributed by atoms with Crippen LogP contribution >= 0.6 is 0 Å². The minimum atomic E-state index is 0.190. The quantitative estimate of drug-likeness (QED) is 0.772. The summed E-state index contributed by atoms with van der Waals surface area (Å²) in [6.07, 6.45) is 8.01. The summed E-state index contributed by atoms with van der Waals surface area (Å²) in [4.78, 5) is 18.0. The number of nitrogens with zero attached hydrogens (tertiary/aromatic N) is 2. The van der Waals surface area contributed by atoms with Crippen molar-refractivity contribution in [2.75, 3.05) is 45.8 Å². The molecule has 3 aliphatic heterocycles. The molecule has 4 rings (SSSR count). The molecule has 0 unspecified atom stereocenters. The number of hydrogen-bond donors (Lipinski definition) is 2. The lowest BCUT2D eigenvalue weighted by atomic mass is 9.92. The highest BCUT2D eigenvalue weighted by atomic mass is 16.2. The highest BCUT2D eigenvalue weighted by molar-refractivity contribution is 5.79. The van der Waals surface area contributed by atoms with Crippen molar-refractivity contribution < 1.29 is 4.79 Å². The molecule has 1 amide bonds. The molecule has 1 atom stereocenters. The van der Waals surface area contributed by atoms with Gasteiger partial charge in [-0.3, -0.25) is 9.69 Å². The Morgan fingerprint density at radius 1 is 1.00 bits per heavy atom. The molecule has 5 heteroatoms. The zero-order valence-corrected chi connectivity index (χ0v) is 17.8. The number of piperidine rings is 3. The third-order valence-electron chi connectivity index (χ3n) is 7.14. The van der Waals surface area contributed by atoms with E-state index < -0.39 is 0 Å². The lowest BCUT2D eigenvalue weighted by molar-refractivity contribution is -0.128. The van der Waals surface area contributed by atoms with Gasteiger partial charge in [0.05, 0.1) is 5.92 Å². The fraction of sp³-hybridized carbons (Fsp3) is 0.708. The van der Waals surface area contributed by atoms with Crippen molar-refractivity contribution in [2.24, 2.45) is 5.92 Å². The Kier molecular flexibility index (Phi) is 7.58. The van der Waals surface area contributed by atoms with Crippen LogP contribution in [-0.2, 0) is 11.2 Å². The van der Waals surface area contributed by atoms with Crippen LogP contribution in [0.4, 0.5) is 0 Å². The Bertz CT molecular complexity index is 623. The minimum absolute atomic E-state index is 0.190. The van der Waals surface area contributed by atoms with Crippen LogP contribution in [0.5, 0.6) is 0 Å². The smallest absolute Gasteiger partial charge is 0.224 e. The Labute approximate surface area is 176 Å². The van der Waals surface area contributed by atoms with E-state index in [1.807, 2.05) is 0 Å². The minimum Gasteiger partial charge on any atom is -0.353 e. The van der Waals surface area contributed by atoms with E-state index in [2.05, 4.69) is 50.8 Å². The van der Waals surface area contributed by atoms with Crippen molar-refractivity contribution in [1.82, 2.24) is 20.4 Å². The van der Waals surface area contributed by atoms with Crippen molar-refractivity contribution in [3.8, 4) is 0 Å². The Balaban J connectivity index is 1.19. The SMILES string of the molecule is O=C(NC1CCNCC1)[C@@H]1CCCN(C2CCN(CCc3ccccc3)CC2)C1. The molecule has 2 N–H and O–H groups in total. The number of amides is 1. The van der Waals surface area contributed by atoms with Gasteiger partial charge in [-0.25, -0.2) is 0 Å². The zero-order chi connectivity index (χ0) is 19.9. The van der Waals surface area contributed by atoms with Crippen LogP contribution in [0.1, 0.15) is 44.1 Å². The van der Waals surface area contributed by atoms with Crippen LogP contribution in [0.15, 0.2) is 30.3 Å². The predicted octanol–water partition coefficient (Wildman–Crippen LogP) is 2.27. The average Bonchev–Trinajstić information content (AvgIpc) is 2.79. The Hall–Kier alpha value is -1.43. The average molecular weight is 399 g/mol. The van der Waals surface area contributed by atoms with Gasteiger partial charge in [-0.1, -0.05) is 30.3 Å². The highest BCUT2D eigenvalue weighted by Crippen LogP contribution is 2.24. The summed E-state index contributed by atoms with van der Waals surface area (Å²) in [6, 6.07) is 11.9. The lowest BCUT2D eigenvalue weighted by Crippen LogP contribution is -2.52. The summed E-state index contributed by atoms with van der Waals surface area (Å²) in [5, 5.41) is 6.71. The maximum absolute atomic E-state index is 12.8. The van der Waals surface area contributed by atoms with Gasteiger partial charge in [0.25, 0.3) is 0 Å². The van der Waals surface area contributed by atoms with Gasteiger partial charge in [0, 0.05) is 25.2 Å². The number of rotatable bonds is 6. The number of hydrogen-bond acceptors (Lipinski definition) is 4. The standard InChI is InChI=1S/C24H38N4O/c29-24(26-22-8-13-25-14-9-22)21-7-4-15-28(19-21)23-11-17-27(18-12-23)16-10-20-5-2-1-3-6-20/h1-3,5-6,21-23,25H,4,7-19H2,(H,26,29)/t21-/m1/s1. The van der Waals surface area contributed by atoms with Crippen LogP contribution in [0.3, 0.4) is 0 Å². The summed E-state index contributed by atoms with van der Waals surface area (Å²) in [5.41, 5.74) is 1.44. The molecule has 3 saturated heterocycles. The van der Waals surface area contributed by atoms with E-state index in [4.69, 9.17) is 0 Å². The number of carbonyl (C=O) groups is 1. The topological polar surface area (TPSA) is 47.6 Å². The van der Waals surface area contributed by atoms with E-state index in [1.54, 1.807) is 0 Å². The first kappa shape index (κ1) is 20.8. The molecule has 5 nitrogen and oxygen atoms in total. The second-order valence-electron chi connectivity index (χ2n) is 9.18. The first-order chi connectivity index (χ1) is 14.3. The molecule has 0 aromatic heterocycles. The van der Waals surface area contributed by atoms with Crippen LogP contribution in [0, 0.1) is 5.92 Å². The number of nitrogens with one attached hydrogen (secondary N) is 2. The number of likely N-dealkylation sites (tertiary alicyclic amines) is 2. The lowest BCUT2D eigenvalue weighted by Gasteiger charge is -2.42. The van der Waals surface area contributed by atoms with Gasteiger partial charge in [-0.05, 0) is 83.2 Å². The fourth-order valence-corrected chi connectivity index (χ4v) is 5.28. The van der Waals surface area contributed by atoms with Crippen molar-refractivity contribution in [3.05, 3.63) is 35.9 Å². The molecule has 3 aliphatic rings. The van der Waals surface area contributed by atoms with Crippen molar-refractivity contribution in [2.45, 2.75) is 57.0 Å². The molecule has 0 spiro atoms. The van der Waals surface area contributed by atoms with E-state index in [-0.39, 0.29) is 5.92 Å². The highest BCUT2D eigenvalue weighted by Gasteiger charge is 2.32. The fourth-order valence-electron chi connectivity index (χ4n) is 5.28. The molecule has 1 aromatic rings. The van der Waals surface area contributed by atoms with Gasteiger partial charge in [0.2, 0.25) is 5.91 Å². The van der Waals surface area contributed by atoms with Crippen molar-refractivity contribution in [1.29, 1.82) is 0 Å². The maximum Gasteiger partial charge on any atom is 0.224 e. The van der Waals surface area contributed by atoms with Gasteiger partial charge >= 0.3 is 0 Å². The van der Waals surface area contributed by atoms with Crippen molar-refractivity contribution >= 4 is 5.91 Å². The van der Waals surface area contributed by atoms with Gasteiger partial charge in [0.15, 0.2) is 0 Å². The third-order valence-corrected chi connectivity index (χ3v) is 7.14. The number of benzene rings is 1. The first-order valence-electron chi connectivity index (χ1n) is 11.8. The van der Waals surface area contributed by atoms with Crippen LogP contribution in [-0.4, -0.2) is 73.6 Å². The molecular formula is C24H38N4O. The molecule has 3 heterocycles. The van der Waals surface area contributed by atoms with Crippen LogP contribution in [0.2, 0.25) is 0 Å². The largest absolute Gasteiger partial charge is 0.353 e. The molecule has 29 heavy (non-hydrogen) atoms. The second kappa shape index (κ2) is 10.6. The maximum atomic E-state index is 12.8. The summed E-state index contributed by atoms with van der Waals surface area (Å²) in [6.45, 7) is 7.75. The summed E-state index contributed by atoms with van der Waals surface area (Å²) in [7, 11) is 0. The number of carbonyl (C=O) groups excluding carboxylic acids is 1. The predicted molar refractivity (Wildman–Crippen MR) is 118 cm³/mol. The Morgan fingerprint density at radius 2 is 1.76 bits per heavy atom. The van der Waals surface area contributed by atoms with E-state index in [9.17, 15) is 4.79 Å². The van der Waals surface area contributed by atoms with Gasteiger partial charge in [0.1, 0.15) is 0 Å². The van der Waals surface area contributed by atoms with Crippen LogP contribution < -0.4 is 10.6 Å². The molecule has 0 aliphatic carbocycles. The molecule has 0 saturated carbocycles. The third kappa shape index (κ3) is 6.03. The van der Waals surface area contributed by atoms with Gasteiger partial charge in [-0.2, -0.15) is 0 Å². The van der Waals surface area contributed by atoms with E-state index in [0.29, 0.717) is 18.0 Å². The van der Waals surface area contributed by atoms with E-state index in [1.165, 1.54) is 44.5 Å². The normalized spacial score (nSPS) is 25.7. The molecule has 3 fully saturated rings. The molecule has 160 valence electrons. The second-order valence-corrected chi connectivity index (χ2v) is 9.18. The molecule has 1 aromatic carbocycles. The first-order valence-corrected chi connectivity index (χ1v) is 11.8. The molecule has 0 radical (unpaired) electrons. The van der Waals surface area contributed by atoms with Gasteiger partial charge < -0.3 is 15.5 Å². The van der Waals surface area contributed by atoms with Crippen LogP contribution in [0.25, 0.3) is 0 Å². The monoisotopic (exact) mass is 398 g/mol. The van der Waals surface area contributed by atoms with Crippen molar-refractivity contribution in [3.63, 3.8) is 0 Å². The molecule has 0 bridgehead atoms. The summed E-state index contributed by atoms with van der Waals surface area (Å²) in [5.74, 6) is 0.497. The van der Waals surface area contributed by atoms with E-state index >= 15 is 0 Å². The summed E-state index contributed by atoms with van der Waals surface area (Å²) < 4.78 is 0.